The Balaban J connectivity index is 1.84. The van der Waals surface area contributed by atoms with E-state index in [0.717, 1.165) is 25.8 Å². The lowest BCUT2D eigenvalue weighted by Crippen LogP contribution is -2.42. The molecule has 2 heterocycles. The summed E-state index contributed by atoms with van der Waals surface area (Å²) in [5.74, 6) is 0. The third-order valence-electron chi connectivity index (χ3n) is 4.65. The van der Waals surface area contributed by atoms with Gasteiger partial charge in [-0.1, -0.05) is 30.3 Å². The summed E-state index contributed by atoms with van der Waals surface area (Å²) >= 11 is 0. The van der Waals surface area contributed by atoms with E-state index in [9.17, 15) is 9.90 Å². The summed E-state index contributed by atoms with van der Waals surface area (Å²) in [6, 6.07) is 10.9. The van der Waals surface area contributed by atoms with Gasteiger partial charge < -0.3 is 14.9 Å². The maximum absolute atomic E-state index is 11.2. The molecule has 21 heavy (non-hydrogen) atoms. The smallest absolute Gasteiger partial charge is 0.407 e. The molecule has 1 amide bonds. The zero-order valence-corrected chi connectivity index (χ0v) is 12.5. The zero-order chi connectivity index (χ0) is 14.8. The summed E-state index contributed by atoms with van der Waals surface area (Å²) in [6.45, 7) is 4.52. The lowest BCUT2D eigenvalue weighted by atomic mass is 9.93. The SMILES string of the molecule is CC(c1ccccc1)N1CCCC2=C1CCN(C(=O)O)C2. The van der Waals surface area contributed by atoms with Gasteiger partial charge in [0.25, 0.3) is 0 Å². The van der Waals surface area contributed by atoms with Crippen molar-refractivity contribution in [3.63, 3.8) is 0 Å². The molecule has 4 nitrogen and oxygen atoms in total. The average molecular weight is 286 g/mol. The van der Waals surface area contributed by atoms with Crippen LogP contribution in [0.1, 0.15) is 37.8 Å². The van der Waals surface area contributed by atoms with Gasteiger partial charge in [0.2, 0.25) is 0 Å². The fourth-order valence-electron chi connectivity index (χ4n) is 3.49. The van der Waals surface area contributed by atoms with Crippen molar-refractivity contribution in [2.24, 2.45) is 0 Å². The first kappa shape index (κ1) is 14.0. The van der Waals surface area contributed by atoms with Crippen LogP contribution in [-0.4, -0.2) is 40.6 Å². The van der Waals surface area contributed by atoms with E-state index in [1.54, 1.807) is 0 Å². The van der Waals surface area contributed by atoms with Crippen LogP contribution in [-0.2, 0) is 0 Å². The molecular weight excluding hydrogens is 264 g/mol. The molecule has 0 saturated carbocycles. The Kier molecular flexibility index (Phi) is 3.86. The van der Waals surface area contributed by atoms with Crippen LogP contribution in [0.4, 0.5) is 4.79 Å². The van der Waals surface area contributed by atoms with Gasteiger partial charge in [-0.15, -0.1) is 0 Å². The Morgan fingerprint density at radius 1 is 1.19 bits per heavy atom. The van der Waals surface area contributed by atoms with Gasteiger partial charge in [0.15, 0.2) is 0 Å². The maximum Gasteiger partial charge on any atom is 0.407 e. The monoisotopic (exact) mass is 286 g/mol. The molecule has 0 spiro atoms. The van der Waals surface area contributed by atoms with E-state index in [4.69, 9.17) is 0 Å². The number of carboxylic acid groups (broad SMARTS) is 1. The largest absolute Gasteiger partial charge is 0.465 e. The zero-order valence-electron chi connectivity index (χ0n) is 12.5. The molecule has 0 fully saturated rings. The molecule has 1 aromatic rings. The first-order valence-corrected chi connectivity index (χ1v) is 7.67. The van der Waals surface area contributed by atoms with E-state index < -0.39 is 6.09 Å². The lowest BCUT2D eigenvalue weighted by Gasteiger charge is -2.42. The molecule has 0 saturated heterocycles. The Labute approximate surface area is 125 Å². The number of rotatable bonds is 2. The van der Waals surface area contributed by atoms with Gasteiger partial charge in [-0.05, 0) is 30.9 Å². The van der Waals surface area contributed by atoms with Crippen molar-refractivity contribution in [1.82, 2.24) is 9.80 Å². The number of amides is 1. The second-order valence-corrected chi connectivity index (χ2v) is 5.89. The molecule has 1 unspecified atom stereocenters. The molecule has 1 N–H and O–H groups in total. The average Bonchev–Trinajstić information content (AvgIpc) is 2.54. The first-order valence-electron chi connectivity index (χ1n) is 7.67. The van der Waals surface area contributed by atoms with Crippen LogP contribution in [0, 0.1) is 0 Å². The van der Waals surface area contributed by atoms with E-state index in [0.29, 0.717) is 19.1 Å². The summed E-state index contributed by atoms with van der Waals surface area (Å²) in [5, 5.41) is 9.17. The summed E-state index contributed by atoms with van der Waals surface area (Å²) in [7, 11) is 0. The fourth-order valence-corrected chi connectivity index (χ4v) is 3.49. The standard InChI is InChI=1S/C17H22N2O2/c1-13(14-6-3-2-4-7-14)19-10-5-8-15-12-18(17(20)21)11-9-16(15)19/h2-4,6-7,13H,5,8-12H2,1H3,(H,20,21). The van der Waals surface area contributed by atoms with E-state index in [1.165, 1.54) is 21.7 Å². The predicted octanol–water partition coefficient (Wildman–Crippen LogP) is 3.48. The van der Waals surface area contributed by atoms with Crippen molar-refractivity contribution in [2.45, 2.75) is 32.2 Å². The molecule has 0 bridgehead atoms. The van der Waals surface area contributed by atoms with Crippen LogP contribution >= 0.6 is 0 Å². The summed E-state index contributed by atoms with van der Waals surface area (Å²) in [4.78, 5) is 15.2. The molecule has 0 aromatic heterocycles. The van der Waals surface area contributed by atoms with Gasteiger partial charge in [0.1, 0.15) is 0 Å². The van der Waals surface area contributed by atoms with Gasteiger partial charge in [-0.25, -0.2) is 4.79 Å². The van der Waals surface area contributed by atoms with Gasteiger partial charge in [0.05, 0.1) is 6.04 Å². The van der Waals surface area contributed by atoms with Crippen molar-refractivity contribution >= 4 is 6.09 Å². The Bertz CT molecular complexity index is 553. The predicted molar refractivity (Wildman–Crippen MR) is 82.0 cm³/mol. The van der Waals surface area contributed by atoms with Crippen LogP contribution in [0.5, 0.6) is 0 Å². The number of hydrogen-bond acceptors (Lipinski definition) is 2. The molecule has 2 aliphatic rings. The molecule has 1 atom stereocenters. The maximum atomic E-state index is 11.2. The van der Waals surface area contributed by atoms with Gasteiger partial charge in [-0.2, -0.15) is 0 Å². The molecule has 0 radical (unpaired) electrons. The summed E-state index contributed by atoms with van der Waals surface area (Å²) < 4.78 is 0. The minimum absolute atomic E-state index is 0.355. The summed E-state index contributed by atoms with van der Waals surface area (Å²) in [6.07, 6.45) is 2.20. The van der Waals surface area contributed by atoms with Crippen molar-refractivity contribution in [3.8, 4) is 0 Å². The molecule has 3 rings (SSSR count). The highest BCUT2D eigenvalue weighted by molar-refractivity contribution is 5.65. The van der Waals surface area contributed by atoms with Crippen molar-refractivity contribution < 1.29 is 9.90 Å². The van der Waals surface area contributed by atoms with Crippen molar-refractivity contribution in [3.05, 3.63) is 47.2 Å². The Hall–Kier alpha value is -1.97. The highest BCUT2D eigenvalue weighted by Crippen LogP contribution is 2.35. The molecule has 0 aliphatic carbocycles. The lowest BCUT2D eigenvalue weighted by molar-refractivity contribution is 0.137. The topological polar surface area (TPSA) is 43.8 Å². The van der Waals surface area contributed by atoms with Crippen LogP contribution in [0.15, 0.2) is 41.6 Å². The number of nitrogens with zero attached hydrogens (tertiary/aromatic N) is 2. The van der Waals surface area contributed by atoms with E-state index >= 15 is 0 Å². The van der Waals surface area contributed by atoms with Crippen LogP contribution in [0.25, 0.3) is 0 Å². The van der Waals surface area contributed by atoms with Crippen LogP contribution < -0.4 is 0 Å². The number of benzene rings is 1. The normalized spacial score (nSPS) is 20.2. The molecular formula is C17H22N2O2. The van der Waals surface area contributed by atoms with E-state index in [2.05, 4.69) is 36.1 Å². The van der Waals surface area contributed by atoms with Gasteiger partial charge >= 0.3 is 6.09 Å². The van der Waals surface area contributed by atoms with Crippen LogP contribution in [0.3, 0.4) is 0 Å². The summed E-state index contributed by atoms with van der Waals surface area (Å²) in [5.41, 5.74) is 4.03. The van der Waals surface area contributed by atoms with Gasteiger partial charge in [-0.3, -0.25) is 0 Å². The van der Waals surface area contributed by atoms with Crippen molar-refractivity contribution in [1.29, 1.82) is 0 Å². The minimum atomic E-state index is -0.796. The number of hydrogen-bond donors (Lipinski definition) is 1. The van der Waals surface area contributed by atoms with E-state index in [1.807, 2.05) is 6.07 Å². The molecule has 2 aliphatic heterocycles. The second kappa shape index (κ2) is 5.80. The molecule has 4 heteroatoms. The Morgan fingerprint density at radius 2 is 1.95 bits per heavy atom. The van der Waals surface area contributed by atoms with Crippen LogP contribution in [0.2, 0.25) is 0 Å². The third kappa shape index (κ3) is 2.75. The van der Waals surface area contributed by atoms with E-state index in [-0.39, 0.29) is 0 Å². The highest BCUT2D eigenvalue weighted by atomic mass is 16.4. The van der Waals surface area contributed by atoms with Crippen molar-refractivity contribution in [2.75, 3.05) is 19.6 Å². The second-order valence-electron chi connectivity index (χ2n) is 5.89. The Morgan fingerprint density at radius 3 is 2.67 bits per heavy atom. The van der Waals surface area contributed by atoms with Gasteiger partial charge in [0, 0.05) is 31.8 Å². The third-order valence-corrected chi connectivity index (χ3v) is 4.65. The molecule has 112 valence electrons. The first-order chi connectivity index (χ1) is 10.2. The number of carbonyl (C=O) groups is 1. The minimum Gasteiger partial charge on any atom is -0.465 e. The molecule has 1 aromatic carbocycles. The fraction of sp³-hybridized carbons (Fsp3) is 0.471. The quantitative estimate of drug-likeness (QED) is 0.905. The highest BCUT2D eigenvalue weighted by Gasteiger charge is 2.30.